The number of nitrogens with two attached hydrogens (primary N) is 1. The van der Waals surface area contributed by atoms with Gasteiger partial charge in [-0.1, -0.05) is 0 Å². The van der Waals surface area contributed by atoms with Crippen molar-refractivity contribution < 1.29 is 31.4 Å². The number of alkyl halides is 6. The highest BCUT2D eigenvalue weighted by Gasteiger charge is 2.72. The summed E-state index contributed by atoms with van der Waals surface area (Å²) in [5.74, 6) is 0. The number of anilines is 1. The van der Waals surface area contributed by atoms with Gasteiger partial charge in [0.1, 0.15) is 0 Å². The summed E-state index contributed by atoms with van der Waals surface area (Å²) in [6, 6.07) is 2.34. The van der Waals surface area contributed by atoms with Gasteiger partial charge in [-0.15, -0.1) is 12.6 Å². The van der Waals surface area contributed by atoms with Crippen LogP contribution in [0.2, 0.25) is 0 Å². The molecule has 2 nitrogen and oxygen atoms in total. The smallest absolute Gasteiger partial charge is 0.398 e. The van der Waals surface area contributed by atoms with Gasteiger partial charge in [-0.05, 0) is 18.2 Å². The summed E-state index contributed by atoms with van der Waals surface area (Å²) >= 11 is 3.62. The number of rotatable bonds is 1. The summed E-state index contributed by atoms with van der Waals surface area (Å²) in [6.07, 6.45) is -11.9. The molecule has 0 aliphatic rings. The standard InChI is InChI=1S/C9H7F6NOS/c10-8(11,12)7(17,9(13,14)15)5-3-4(18)1-2-6(5)16/h1-3,17-18H,16H2. The van der Waals surface area contributed by atoms with Crippen LogP contribution in [-0.4, -0.2) is 17.5 Å². The number of hydrogen-bond donors (Lipinski definition) is 3. The van der Waals surface area contributed by atoms with E-state index in [1.165, 1.54) is 0 Å². The molecule has 9 heteroatoms. The molecular formula is C9H7F6NOS. The summed E-state index contributed by atoms with van der Waals surface area (Å²) in [4.78, 5) is -0.189. The zero-order chi connectivity index (χ0) is 14.4. The molecular weight excluding hydrogens is 284 g/mol. The Morgan fingerprint density at radius 3 is 1.83 bits per heavy atom. The van der Waals surface area contributed by atoms with Gasteiger partial charge in [-0.25, -0.2) is 0 Å². The van der Waals surface area contributed by atoms with Crippen molar-refractivity contribution in [1.82, 2.24) is 0 Å². The highest BCUT2D eigenvalue weighted by Crippen LogP contribution is 2.51. The van der Waals surface area contributed by atoms with Crippen molar-refractivity contribution in [3.8, 4) is 0 Å². The lowest BCUT2D eigenvalue weighted by molar-refractivity contribution is -0.376. The summed E-state index contributed by atoms with van der Waals surface area (Å²) in [5.41, 5.74) is -2.27. The maximum absolute atomic E-state index is 12.5. The Labute approximate surface area is 103 Å². The lowest BCUT2D eigenvalue weighted by Crippen LogP contribution is -2.54. The number of benzene rings is 1. The Hall–Kier alpha value is -1.09. The molecule has 1 aromatic rings. The Bertz CT molecular complexity index is 441. The van der Waals surface area contributed by atoms with E-state index in [0.717, 1.165) is 12.1 Å². The van der Waals surface area contributed by atoms with Crippen molar-refractivity contribution in [2.24, 2.45) is 0 Å². The summed E-state index contributed by atoms with van der Waals surface area (Å²) in [5, 5.41) is 9.10. The monoisotopic (exact) mass is 291 g/mol. The molecule has 0 amide bonds. The van der Waals surface area contributed by atoms with E-state index in [1.807, 2.05) is 0 Å². The van der Waals surface area contributed by atoms with Crippen molar-refractivity contribution in [2.75, 3.05) is 5.73 Å². The summed E-state index contributed by atoms with van der Waals surface area (Å²) in [7, 11) is 0. The van der Waals surface area contributed by atoms with E-state index in [0.29, 0.717) is 6.07 Å². The SMILES string of the molecule is Nc1ccc(S)cc1C(O)(C(F)(F)F)C(F)(F)F. The van der Waals surface area contributed by atoms with E-state index < -0.39 is 29.2 Å². The molecule has 0 aliphatic carbocycles. The van der Waals surface area contributed by atoms with Gasteiger partial charge in [0, 0.05) is 16.1 Å². The molecule has 3 N–H and O–H groups in total. The van der Waals surface area contributed by atoms with Crippen LogP contribution in [0.1, 0.15) is 5.56 Å². The predicted octanol–water partition coefficient (Wildman–Crippen LogP) is 2.87. The van der Waals surface area contributed by atoms with Crippen LogP contribution >= 0.6 is 12.6 Å². The third-order valence-corrected chi connectivity index (χ3v) is 2.53. The fourth-order valence-electron chi connectivity index (χ4n) is 1.32. The minimum atomic E-state index is -5.96. The van der Waals surface area contributed by atoms with Crippen molar-refractivity contribution in [3.05, 3.63) is 23.8 Å². The molecule has 1 aromatic carbocycles. The van der Waals surface area contributed by atoms with Crippen molar-refractivity contribution >= 4 is 18.3 Å². The van der Waals surface area contributed by atoms with Crippen LogP contribution in [0.25, 0.3) is 0 Å². The van der Waals surface area contributed by atoms with Crippen LogP contribution in [0, 0.1) is 0 Å². The van der Waals surface area contributed by atoms with Crippen LogP contribution in [0.4, 0.5) is 32.0 Å². The molecule has 0 unspecified atom stereocenters. The Morgan fingerprint density at radius 1 is 1.00 bits per heavy atom. The van der Waals surface area contributed by atoms with E-state index in [2.05, 4.69) is 12.6 Å². The molecule has 0 heterocycles. The molecule has 18 heavy (non-hydrogen) atoms. The van der Waals surface area contributed by atoms with Crippen molar-refractivity contribution in [2.45, 2.75) is 22.8 Å². The summed E-state index contributed by atoms with van der Waals surface area (Å²) < 4.78 is 75.3. The largest absolute Gasteiger partial charge is 0.430 e. The highest BCUT2D eigenvalue weighted by atomic mass is 32.1. The van der Waals surface area contributed by atoms with Crippen LogP contribution in [0.5, 0.6) is 0 Å². The molecule has 1 rings (SSSR count). The van der Waals surface area contributed by atoms with Gasteiger partial charge in [-0.3, -0.25) is 0 Å². The highest BCUT2D eigenvalue weighted by molar-refractivity contribution is 7.80. The minimum Gasteiger partial charge on any atom is -0.398 e. The van der Waals surface area contributed by atoms with Crippen LogP contribution < -0.4 is 5.73 Å². The van der Waals surface area contributed by atoms with E-state index in [1.54, 1.807) is 0 Å². The van der Waals surface area contributed by atoms with Crippen LogP contribution in [-0.2, 0) is 5.60 Å². The molecule has 0 bridgehead atoms. The van der Waals surface area contributed by atoms with E-state index in [4.69, 9.17) is 10.8 Å². The Morgan fingerprint density at radius 2 is 1.44 bits per heavy atom. The number of nitrogen functional groups attached to an aromatic ring is 1. The second-order valence-corrected chi connectivity index (χ2v) is 3.99. The van der Waals surface area contributed by atoms with Gasteiger partial charge in [-0.2, -0.15) is 26.3 Å². The van der Waals surface area contributed by atoms with Gasteiger partial charge < -0.3 is 10.8 Å². The zero-order valence-corrected chi connectivity index (χ0v) is 9.37. The fraction of sp³-hybridized carbons (Fsp3) is 0.333. The average molecular weight is 291 g/mol. The summed E-state index contributed by atoms with van der Waals surface area (Å²) in [6.45, 7) is 0. The van der Waals surface area contributed by atoms with Gasteiger partial charge >= 0.3 is 12.4 Å². The lowest BCUT2D eigenvalue weighted by Gasteiger charge is -2.33. The van der Waals surface area contributed by atoms with Gasteiger partial charge in [0.05, 0.1) is 0 Å². The predicted molar refractivity (Wildman–Crippen MR) is 54.1 cm³/mol. The Balaban J connectivity index is 3.61. The van der Waals surface area contributed by atoms with E-state index >= 15 is 0 Å². The zero-order valence-electron chi connectivity index (χ0n) is 8.47. The molecule has 0 aliphatic heterocycles. The fourth-order valence-corrected chi connectivity index (χ4v) is 1.53. The van der Waals surface area contributed by atoms with Crippen LogP contribution in [0.3, 0.4) is 0 Å². The van der Waals surface area contributed by atoms with Gasteiger partial charge in [0.25, 0.3) is 5.60 Å². The first-order chi connectivity index (χ1) is 7.91. The van der Waals surface area contributed by atoms with E-state index in [9.17, 15) is 26.3 Å². The number of hydrogen-bond acceptors (Lipinski definition) is 3. The quantitative estimate of drug-likeness (QED) is 0.423. The van der Waals surface area contributed by atoms with Crippen LogP contribution in [0.15, 0.2) is 23.1 Å². The first-order valence-electron chi connectivity index (χ1n) is 4.36. The molecule has 102 valence electrons. The van der Waals surface area contributed by atoms with E-state index in [-0.39, 0.29) is 4.90 Å². The second-order valence-electron chi connectivity index (χ2n) is 3.48. The maximum Gasteiger partial charge on any atom is 0.430 e. The molecule has 0 radical (unpaired) electrons. The maximum atomic E-state index is 12.5. The van der Waals surface area contributed by atoms with Gasteiger partial charge in [0.15, 0.2) is 0 Å². The topological polar surface area (TPSA) is 46.2 Å². The van der Waals surface area contributed by atoms with Crippen molar-refractivity contribution in [3.63, 3.8) is 0 Å². The molecule has 0 fully saturated rings. The normalized spacial score (nSPS) is 13.8. The molecule has 0 aromatic heterocycles. The molecule has 0 spiro atoms. The first kappa shape index (κ1) is 15.0. The van der Waals surface area contributed by atoms with Gasteiger partial charge in [0.2, 0.25) is 0 Å². The van der Waals surface area contributed by atoms with Crippen molar-refractivity contribution in [1.29, 1.82) is 0 Å². The third-order valence-electron chi connectivity index (χ3n) is 2.25. The molecule has 0 atom stereocenters. The third kappa shape index (κ3) is 2.24. The number of halogens is 6. The second kappa shape index (κ2) is 4.23. The average Bonchev–Trinajstić information content (AvgIpc) is 2.17. The lowest BCUT2D eigenvalue weighted by atomic mass is 9.91. The number of aliphatic hydroxyl groups is 1. The minimum absolute atomic E-state index is 0.189. The number of thiol groups is 1. The molecule has 0 saturated carbocycles. The Kier molecular flexibility index (Phi) is 3.52. The molecule has 0 saturated heterocycles. The first-order valence-corrected chi connectivity index (χ1v) is 4.81.